The normalized spacial score (nSPS) is 28.0. The maximum atomic E-state index is 13.0. The molecule has 0 spiro atoms. The molecule has 1 aromatic rings. The van der Waals surface area contributed by atoms with Gasteiger partial charge in [-0.3, -0.25) is 4.99 Å². The highest BCUT2D eigenvalue weighted by molar-refractivity contribution is 14.0. The molecule has 2 heterocycles. The monoisotopic (exact) mass is 509 g/mol. The summed E-state index contributed by atoms with van der Waals surface area (Å²) in [5.41, 5.74) is -0.117. The number of ether oxygens (including phenoxy) is 1. The Kier molecular flexibility index (Phi) is 6.48. The van der Waals surface area contributed by atoms with Crippen molar-refractivity contribution in [1.82, 2.24) is 10.6 Å². The first-order valence-electron chi connectivity index (χ1n) is 9.78. The molecule has 2 saturated heterocycles. The topological polar surface area (TPSA) is 45.7 Å². The number of nitrogens with one attached hydrogen (secondary N) is 2. The zero-order valence-electron chi connectivity index (χ0n) is 15.9. The van der Waals surface area contributed by atoms with Crippen LogP contribution in [0.3, 0.4) is 0 Å². The Balaban J connectivity index is 0.00000225. The number of alkyl halides is 3. The molecule has 0 amide bonds. The second-order valence-corrected chi connectivity index (χ2v) is 7.91. The zero-order valence-corrected chi connectivity index (χ0v) is 18.2. The molecule has 4 nitrogen and oxygen atoms in total. The largest absolute Gasteiger partial charge is 0.416 e. The summed E-state index contributed by atoms with van der Waals surface area (Å²) < 4.78 is 45.0. The van der Waals surface area contributed by atoms with Crippen LogP contribution in [0.5, 0.6) is 0 Å². The fourth-order valence-corrected chi connectivity index (χ4v) is 4.23. The molecule has 28 heavy (non-hydrogen) atoms. The third kappa shape index (κ3) is 4.58. The number of benzene rings is 1. The van der Waals surface area contributed by atoms with Crippen LogP contribution in [0.4, 0.5) is 13.2 Å². The molecule has 3 unspecified atom stereocenters. The van der Waals surface area contributed by atoms with E-state index in [4.69, 9.17) is 9.73 Å². The molecule has 2 N–H and O–H groups in total. The van der Waals surface area contributed by atoms with Crippen molar-refractivity contribution in [3.8, 4) is 0 Å². The fourth-order valence-electron chi connectivity index (χ4n) is 4.23. The summed E-state index contributed by atoms with van der Waals surface area (Å²) in [5, 5.41) is 6.73. The van der Waals surface area contributed by atoms with E-state index in [0.29, 0.717) is 12.6 Å². The number of fused-ring (bicyclic) bond motifs is 2. The Hall–Kier alpha value is -1.03. The molecular weight excluding hydrogens is 482 g/mol. The van der Waals surface area contributed by atoms with Crippen LogP contribution in [-0.4, -0.2) is 37.3 Å². The van der Waals surface area contributed by atoms with Crippen molar-refractivity contribution in [2.75, 3.05) is 13.1 Å². The summed E-state index contributed by atoms with van der Waals surface area (Å²) in [6, 6.07) is 5.97. The highest BCUT2D eigenvalue weighted by Crippen LogP contribution is 2.49. The lowest BCUT2D eigenvalue weighted by Crippen LogP contribution is -2.47. The molecule has 156 valence electrons. The lowest BCUT2D eigenvalue weighted by molar-refractivity contribution is -0.137. The van der Waals surface area contributed by atoms with E-state index in [2.05, 4.69) is 10.6 Å². The predicted molar refractivity (Wildman–Crippen MR) is 113 cm³/mol. The molecule has 0 aromatic heterocycles. The Morgan fingerprint density at radius 2 is 2.07 bits per heavy atom. The molecule has 1 aliphatic carbocycles. The Bertz CT molecular complexity index is 721. The van der Waals surface area contributed by atoms with E-state index < -0.39 is 11.7 Å². The molecule has 3 aliphatic rings. The number of rotatable bonds is 5. The highest BCUT2D eigenvalue weighted by atomic mass is 127. The van der Waals surface area contributed by atoms with E-state index in [0.717, 1.165) is 56.2 Å². The summed E-state index contributed by atoms with van der Waals surface area (Å²) >= 11 is 0. The SMILES string of the molecule is CCNC(=NCC1(c2cccc(C(F)(F)F)c2)CC1)NC1CC2CCC1O2.I. The second-order valence-electron chi connectivity index (χ2n) is 7.91. The van der Waals surface area contributed by atoms with Gasteiger partial charge in [-0.15, -0.1) is 24.0 Å². The van der Waals surface area contributed by atoms with Crippen LogP contribution >= 0.6 is 24.0 Å². The minimum Gasteiger partial charge on any atom is -0.373 e. The smallest absolute Gasteiger partial charge is 0.373 e. The first kappa shape index (κ1) is 21.7. The maximum absolute atomic E-state index is 13.0. The van der Waals surface area contributed by atoms with E-state index >= 15 is 0 Å². The number of hydrogen-bond acceptors (Lipinski definition) is 2. The van der Waals surface area contributed by atoms with Gasteiger partial charge in [-0.25, -0.2) is 0 Å². The van der Waals surface area contributed by atoms with Crippen molar-refractivity contribution in [3.05, 3.63) is 35.4 Å². The third-order valence-electron chi connectivity index (χ3n) is 5.97. The minimum absolute atomic E-state index is 0. The number of aliphatic imine (C=N–C) groups is 1. The Morgan fingerprint density at radius 3 is 2.64 bits per heavy atom. The van der Waals surface area contributed by atoms with Crippen LogP contribution in [0, 0.1) is 0 Å². The molecule has 1 saturated carbocycles. The highest BCUT2D eigenvalue weighted by Gasteiger charge is 2.45. The summed E-state index contributed by atoms with van der Waals surface area (Å²) in [6.45, 7) is 3.24. The van der Waals surface area contributed by atoms with Gasteiger partial charge in [0.15, 0.2) is 5.96 Å². The number of guanidine groups is 1. The molecule has 1 aromatic carbocycles. The third-order valence-corrected chi connectivity index (χ3v) is 5.97. The van der Waals surface area contributed by atoms with E-state index in [1.54, 1.807) is 6.07 Å². The molecule has 3 fully saturated rings. The van der Waals surface area contributed by atoms with Crippen LogP contribution in [0.1, 0.15) is 50.2 Å². The Morgan fingerprint density at radius 1 is 1.29 bits per heavy atom. The van der Waals surface area contributed by atoms with Crippen molar-refractivity contribution >= 4 is 29.9 Å². The molecule has 2 bridgehead atoms. The molecule has 2 aliphatic heterocycles. The van der Waals surface area contributed by atoms with Gasteiger partial charge in [0.05, 0.1) is 30.4 Å². The predicted octanol–water partition coefficient (Wildman–Crippen LogP) is 4.23. The van der Waals surface area contributed by atoms with Gasteiger partial charge in [0, 0.05) is 12.0 Å². The van der Waals surface area contributed by atoms with Crippen molar-refractivity contribution in [2.24, 2.45) is 4.99 Å². The summed E-state index contributed by atoms with van der Waals surface area (Å²) in [4.78, 5) is 4.72. The van der Waals surface area contributed by atoms with E-state index in [1.165, 1.54) is 12.1 Å². The quantitative estimate of drug-likeness (QED) is 0.355. The number of nitrogens with zero attached hydrogens (tertiary/aromatic N) is 1. The lowest BCUT2D eigenvalue weighted by atomic mass is 9.94. The lowest BCUT2D eigenvalue weighted by Gasteiger charge is -2.23. The summed E-state index contributed by atoms with van der Waals surface area (Å²) in [6.07, 6.45) is 1.24. The minimum atomic E-state index is -4.31. The van der Waals surface area contributed by atoms with Crippen molar-refractivity contribution in [2.45, 2.75) is 68.9 Å². The van der Waals surface area contributed by atoms with E-state index in [9.17, 15) is 13.2 Å². The maximum Gasteiger partial charge on any atom is 0.416 e. The standard InChI is InChI=1S/C20H26F3N3O.HI/c1-2-24-18(26-16-11-15-6-7-17(16)27-15)25-12-19(8-9-19)13-4-3-5-14(10-13)20(21,22)23;/h3-5,10,15-17H,2,6-9,11-12H2,1H3,(H2,24,25,26);1H. The molecular formula is C20H27F3IN3O. The van der Waals surface area contributed by atoms with Crippen molar-refractivity contribution in [1.29, 1.82) is 0 Å². The average Bonchev–Trinajstić information content (AvgIpc) is 3.15. The summed E-state index contributed by atoms with van der Waals surface area (Å²) in [5.74, 6) is 0.733. The summed E-state index contributed by atoms with van der Waals surface area (Å²) in [7, 11) is 0. The van der Waals surface area contributed by atoms with Crippen LogP contribution in [0.25, 0.3) is 0 Å². The van der Waals surface area contributed by atoms with E-state index in [1.807, 2.05) is 6.92 Å². The Labute approximate surface area is 180 Å². The van der Waals surface area contributed by atoms with Gasteiger partial charge in [-0.05, 0) is 50.7 Å². The van der Waals surface area contributed by atoms with E-state index in [-0.39, 0.29) is 41.5 Å². The van der Waals surface area contributed by atoms with Crippen LogP contribution < -0.4 is 10.6 Å². The van der Waals surface area contributed by atoms with Crippen LogP contribution in [0.15, 0.2) is 29.3 Å². The molecule has 3 atom stereocenters. The fraction of sp³-hybridized carbons (Fsp3) is 0.650. The second kappa shape index (κ2) is 8.38. The number of halogens is 4. The van der Waals surface area contributed by atoms with Gasteiger partial charge in [0.1, 0.15) is 0 Å². The molecule has 8 heteroatoms. The molecule has 4 rings (SSSR count). The molecule has 0 radical (unpaired) electrons. The van der Waals surface area contributed by atoms with Gasteiger partial charge in [0.2, 0.25) is 0 Å². The zero-order chi connectivity index (χ0) is 19.1. The van der Waals surface area contributed by atoms with Gasteiger partial charge >= 0.3 is 6.18 Å². The van der Waals surface area contributed by atoms with Crippen LogP contribution in [-0.2, 0) is 16.3 Å². The van der Waals surface area contributed by atoms with Gasteiger partial charge in [-0.2, -0.15) is 13.2 Å². The first-order chi connectivity index (χ1) is 12.9. The average molecular weight is 509 g/mol. The van der Waals surface area contributed by atoms with Crippen molar-refractivity contribution in [3.63, 3.8) is 0 Å². The van der Waals surface area contributed by atoms with Gasteiger partial charge in [-0.1, -0.05) is 18.2 Å². The number of hydrogen-bond donors (Lipinski definition) is 2. The first-order valence-corrected chi connectivity index (χ1v) is 9.78. The van der Waals surface area contributed by atoms with Gasteiger partial charge in [0.25, 0.3) is 0 Å². The van der Waals surface area contributed by atoms with Crippen molar-refractivity contribution < 1.29 is 17.9 Å². The van der Waals surface area contributed by atoms with Gasteiger partial charge < -0.3 is 15.4 Å². The van der Waals surface area contributed by atoms with Crippen LogP contribution in [0.2, 0.25) is 0 Å².